The van der Waals surface area contributed by atoms with Crippen molar-refractivity contribution in [2.45, 2.75) is 40.2 Å². The second kappa shape index (κ2) is 9.05. The molecule has 7 nitrogen and oxygen atoms in total. The number of amides is 2. The highest BCUT2D eigenvalue weighted by Crippen LogP contribution is 2.13. The molecule has 2 N–H and O–H groups in total. The molecule has 0 bridgehead atoms. The molecule has 25 heavy (non-hydrogen) atoms. The van der Waals surface area contributed by atoms with Gasteiger partial charge in [-0.05, 0) is 45.0 Å². The van der Waals surface area contributed by atoms with Gasteiger partial charge in [-0.25, -0.2) is 4.79 Å². The Bertz CT molecular complexity index is 603. The van der Waals surface area contributed by atoms with Gasteiger partial charge in [0, 0.05) is 11.3 Å². The van der Waals surface area contributed by atoms with Crippen LogP contribution in [-0.4, -0.2) is 36.7 Å². The van der Waals surface area contributed by atoms with Crippen LogP contribution in [0.15, 0.2) is 24.3 Å². The van der Waals surface area contributed by atoms with Crippen molar-refractivity contribution in [1.82, 2.24) is 5.32 Å². The fraction of sp³-hybridized carbons (Fsp3) is 0.500. The van der Waals surface area contributed by atoms with Crippen LogP contribution in [0.25, 0.3) is 0 Å². The molecule has 0 saturated carbocycles. The van der Waals surface area contributed by atoms with Gasteiger partial charge in [-0.3, -0.25) is 14.9 Å². The molecule has 0 aliphatic heterocycles. The Balaban J connectivity index is 2.43. The molecule has 1 rings (SSSR count). The van der Waals surface area contributed by atoms with E-state index in [1.54, 1.807) is 58.9 Å². The predicted molar refractivity (Wildman–Crippen MR) is 94.4 cm³/mol. The largest absolute Gasteiger partial charge is 0.464 e. The van der Waals surface area contributed by atoms with Crippen molar-refractivity contribution in [2.24, 2.45) is 5.92 Å². The Morgan fingerprint density at radius 3 is 2.20 bits per heavy atom. The van der Waals surface area contributed by atoms with Gasteiger partial charge < -0.3 is 14.8 Å². The highest BCUT2D eigenvalue weighted by atomic mass is 16.6. The summed E-state index contributed by atoms with van der Waals surface area (Å²) < 4.78 is 10.1. The van der Waals surface area contributed by atoms with E-state index in [0.29, 0.717) is 11.3 Å². The van der Waals surface area contributed by atoms with E-state index in [0.717, 1.165) is 0 Å². The van der Waals surface area contributed by atoms with Crippen molar-refractivity contribution < 1.29 is 23.9 Å². The van der Waals surface area contributed by atoms with Gasteiger partial charge in [-0.2, -0.15) is 0 Å². The lowest BCUT2D eigenvalue weighted by Gasteiger charge is -2.19. The summed E-state index contributed by atoms with van der Waals surface area (Å²) in [6.07, 6.45) is -0.559. The number of hydrogen-bond donors (Lipinski definition) is 2. The molecule has 7 heteroatoms. The van der Waals surface area contributed by atoms with Crippen LogP contribution in [0.1, 0.15) is 45.0 Å². The quantitative estimate of drug-likeness (QED) is 0.608. The zero-order valence-electron chi connectivity index (χ0n) is 15.3. The molecule has 1 aromatic rings. The molecule has 0 aliphatic rings. The number of rotatable bonds is 6. The second-order valence-electron chi connectivity index (χ2n) is 6.78. The topological polar surface area (TPSA) is 93.7 Å². The van der Waals surface area contributed by atoms with Gasteiger partial charge >= 0.3 is 12.1 Å². The number of nitrogens with one attached hydrogen (secondary N) is 2. The Kier molecular flexibility index (Phi) is 7.42. The van der Waals surface area contributed by atoms with Crippen molar-refractivity contribution in [2.75, 3.05) is 18.5 Å². The van der Waals surface area contributed by atoms with Crippen molar-refractivity contribution in [1.29, 1.82) is 0 Å². The molecule has 0 radical (unpaired) electrons. The minimum absolute atomic E-state index is 0.126. The number of ether oxygens (including phenoxy) is 2. The maximum Gasteiger partial charge on any atom is 0.412 e. The monoisotopic (exact) mass is 350 g/mol. The van der Waals surface area contributed by atoms with E-state index < -0.39 is 11.7 Å². The van der Waals surface area contributed by atoms with Crippen LogP contribution in [0.5, 0.6) is 0 Å². The first-order valence-corrected chi connectivity index (χ1v) is 8.13. The standard InChI is InChI=1S/C18H26N2O5/c1-12(2)16(22)24-11-10-19-15(21)13-6-8-14(9-7-13)20-17(23)25-18(3,4)5/h6-9,12H,10-11H2,1-5H3,(H,19,21)(H,20,23). The van der Waals surface area contributed by atoms with Gasteiger partial charge in [0.25, 0.3) is 5.91 Å². The van der Waals surface area contributed by atoms with Crippen LogP contribution in [0.2, 0.25) is 0 Å². The first-order chi connectivity index (χ1) is 11.6. The molecule has 0 aliphatic carbocycles. The predicted octanol–water partition coefficient (Wildman–Crippen LogP) is 2.96. The van der Waals surface area contributed by atoms with E-state index in [-0.39, 0.29) is 30.9 Å². The molecular weight excluding hydrogens is 324 g/mol. The van der Waals surface area contributed by atoms with E-state index in [9.17, 15) is 14.4 Å². The smallest absolute Gasteiger partial charge is 0.412 e. The Labute approximate surface area is 148 Å². The number of esters is 1. The summed E-state index contributed by atoms with van der Waals surface area (Å²) in [5, 5.41) is 5.25. The molecule has 2 amide bonds. The summed E-state index contributed by atoms with van der Waals surface area (Å²) >= 11 is 0. The summed E-state index contributed by atoms with van der Waals surface area (Å²) in [6.45, 7) is 9.17. The molecule has 0 heterocycles. The SMILES string of the molecule is CC(C)C(=O)OCCNC(=O)c1ccc(NC(=O)OC(C)(C)C)cc1. The van der Waals surface area contributed by atoms with Crippen LogP contribution >= 0.6 is 0 Å². The lowest BCUT2D eigenvalue weighted by molar-refractivity contribution is -0.147. The van der Waals surface area contributed by atoms with Crippen LogP contribution in [0.3, 0.4) is 0 Å². The van der Waals surface area contributed by atoms with E-state index in [4.69, 9.17) is 9.47 Å². The van der Waals surface area contributed by atoms with E-state index in [2.05, 4.69) is 10.6 Å². The average molecular weight is 350 g/mol. The van der Waals surface area contributed by atoms with Gasteiger partial charge in [-0.15, -0.1) is 0 Å². The van der Waals surface area contributed by atoms with Gasteiger partial charge in [-0.1, -0.05) is 13.8 Å². The van der Waals surface area contributed by atoms with Crippen LogP contribution in [0.4, 0.5) is 10.5 Å². The molecule has 0 unspecified atom stereocenters. The van der Waals surface area contributed by atoms with Crippen LogP contribution in [-0.2, 0) is 14.3 Å². The normalized spacial score (nSPS) is 11.0. The van der Waals surface area contributed by atoms with E-state index in [1.807, 2.05) is 0 Å². The molecule has 138 valence electrons. The third kappa shape index (κ3) is 8.19. The van der Waals surface area contributed by atoms with Crippen molar-refractivity contribution in [3.8, 4) is 0 Å². The zero-order chi connectivity index (χ0) is 19.0. The summed E-state index contributed by atoms with van der Waals surface area (Å²) in [5.74, 6) is -0.781. The minimum Gasteiger partial charge on any atom is -0.464 e. The summed E-state index contributed by atoms with van der Waals surface area (Å²) in [4.78, 5) is 34.9. The first-order valence-electron chi connectivity index (χ1n) is 8.13. The fourth-order valence-corrected chi connectivity index (χ4v) is 1.71. The minimum atomic E-state index is -0.580. The average Bonchev–Trinajstić information content (AvgIpc) is 2.49. The van der Waals surface area contributed by atoms with Crippen molar-refractivity contribution >= 4 is 23.7 Å². The lowest BCUT2D eigenvalue weighted by Crippen LogP contribution is -2.29. The number of carbonyl (C=O) groups is 3. The maximum atomic E-state index is 12.0. The van der Waals surface area contributed by atoms with Crippen molar-refractivity contribution in [3.63, 3.8) is 0 Å². The molecule has 0 aromatic heterocycles. The van der Waals surface area contributed by atoms with Gasteiger partial charge in [0.15, 0.2) is 0 Å². The van der Waals surface area contributed by atoms with Gasteiger partial charge in [0.05, 0.1) is 12.5 Å². The Morgan fingerprint density at radius 1 is 1.08 bits per heavy atom. The maximum absolute atomic E-state index is 12.0. The molecule has 0 fully saturated rings. The molecule has 0 spiro atoms. The van der Waals surface area contributed by atoms with E-state index in [1.165, 1.54) is 0 Å². The highest BCUT2D eigenvalue weighted by molar-refractivity contribution is 5.95. The molecule has 1 aromatic carbocycles. The summed E-state index contributed by atoms with van der Waals surface area (Å²) in [5.41, 5.74) is 0.379. The van der Waals surface area contributed by atoms with Crippen molar-refractivity contribution in [3.05, 3.63) is 29.8 Å². The number of carbonyl (C=O) groups excluding carboxylic acids is 3. The summed E-state index contributed by atoms with van der Waals surface area (Å²) in [7, 11) is 0. The van der Waals surface area contributed by atoms with E-state index >= 15 is 0 Å². The van der Waals surface area contributed by atoms with Crippen LogP contribution in [0, 0.1) is 5.92 Å². The fourth-order valence-electron chi connectivity index (χ4n) is 1.71. The lowest BCUT2D eigenvalue weighted by atomic mass is 10.2. The number of benzene rings is 1. The third-order valence-corrected chi connectivity index (χ3v) is 2.90. The first kappa shape index (κ1) is 20.5. The number of anilines is 1. The molecule has 0 saturated heterocycles. The molecule has 0 atom stereocenters. The third-order valence-electron chi connectivity index (χ3n) is 2.90. The number of hydrogen-bond acceptors (Lipinski definition) is 5. The summed E-state index contributed by atoms with van der Waals surface area (Å²) in [6, 6.07) is 6.39. The zero-order valence-corrected chi connectivity index (χ0v) is 15.3. The van der Waals surface area contributed by atoms with Gasteiger partial charge in [0.2, 0.25) is 0 Å². The second-order valence-corrected chi connectivity index (χ2v) is 6.78. The Hall–Kier alpha value is -2.57. The van der Waals surface area contributed by atoms with Gasteiger partial charge in [0.1, 0.15) is 12.2 Å². The highest BCUT2D eigenvalue weighted by Gasteiger charge is 2.16. The van der Waals surface area contributed by atoms with Crippen LogP contribution < -0.4 is 10.6 Å². The Morgan fingerprint density at radius 2 is 1.68 bits per heavy atom. The molecular formula is C18H26N2O5.